The summed E-state index contributed by atoms with van der Waals surface area (Å²) in [6.45, 7) is 2.21. The zero-order valence-electron chi connectivity index (χ0n) is 27.5. The van der Waals surface area contributed by atoms with E-state index in [0.29, 0.717) is 58.9 Å². The Bertz CT molecular complexity index is 1810. The molecule has 0 saturated heterocycles. The van der Waals surface area contributed by atoms with Crippen molar-refractivity contribution in [1.82, 2.24) is 9.80 Å². The van der Waals surface area contributed by atoms with Crippen LogP contribution in [0.4, 0.5) is 0 Å². The molecule has 0 saturated carbocycles. The zero-order chi connectivity index (χ0) is 32.7. The summed E-state index contributed by atoms with van der Waals surface area (Å²) < 4.78 is 36.5. The summed E-state index contributed by atoms with van der Waals surface area (Å²) in [6, 6.07) is 20.3. The standard InChI is InChI=1S/C38H40N2O7/c1-39-14-12-25-19-32(42-3)34-21-28(25)29(39)16-23-6-9-27(10-7-23)46-33-18-24(8-11-31(33)45-22-41)17-30-36-26(13-15-40(30)2)20-35(43-4)37(44-5)38(36)47-34/h6-11,18-22,29-30H,12-17H2,1-5H3/t29-,30+/m0/s1. The highest BCUT2D eigenvalue weighted by molar-refractivity contribution is 5.64. The summed E-state index contributed by atoms with van der Waals surface area (Å²) in [5.74, 6) is 4.58. The van der Waals surface area contributed by atoms with Crippen LogP contribution >= 0.6 is 0 Å². The normalized spacial score (nSPS) is 18.9. The Morgan fingerprint density at radius 2 is 1.36 bits per heavy atom. The molecule has 0 N–H and O–H groups in total. The lowest BCUT2D eigenvalue weighted by Crippen LogP contribution is -2.34. The molecule has 0 amide bonds. The molecule has 47 heavy (non-hydrogen) atoms. The molecule has 4 heterocycles. The van der Waals surface area contributed by atoms with Crippen LogP contribution in [0, 0.1) is 0 Å². The van der Waals surface area contributed by atoms with Crippen molar-refractivity contribution in [3.8, 4) is 46.0 Å². The number of likely N-dealkylation sites (N-methyl/N-ethyl adjacent to an activating group) is 2. The van der Waals surface area contributed by atoms with E-state index in [1.807, 2.05) is 24.3 Å². The van der Waals surface area contributed by atoms with Gasteiger partial charge in [-0.2, -0.15) is 0 Å². The predicted octanol–water partition coefficient (Wildman–Crippen LogP) is 6.69. The van der Waals surface area contributed by atoms with Crippen molar-refractivity contribution in [2.75, 3.05) is 48.5 Å². The van der Waals surface area contributed by atoms with Crippen molar-refractivity contribution in [2.24, 2.45) is 0 Å². The molecule has 0 radical (unpaired) electrons. The Morgan fingerprint density at radius 1 is 0.702 bits per heavy atom. The number of hydrogen-bond acceptors (Lipinski definition) is 9. The second-order valence-corrected chi connectivity index (χ2v) is 12.5. The Kier molecular flexibility index (Phi) is 8.42. The van der Waals surface area contributed by atoms with Gasteiger partial charge in [0.2, 0.25) is 5.75 Å². The highest BCUT2D eigenvalue weighted by Crippen LogP contribution is 2.52. The van der Waals surface area contributed by atoms with E-state index in [2.05, 4.69) is 54.2 Å². The predicted molar refractivity (Wildman–Crippen MR) is 178 cm³/mol. The van der Waals surface area contributed by atoms with Crippen LogP contribution in [0.2, 0.25) is 0 Å². The summed E-state index contributed by atoms with van der Waals surface area (Å²) in [5.41, 5.74) is 6.84. The summed E-state index contributed by atoms with van der Waals surface area (Å²) >= 11 is 0. The average molecular weight is 637 g/mol. The van der Waals surface area contributed by atoms with E-state index < -0.39 is 0 Å². The fraction of sp³-hybridized carbons (Fsp3) is 0.342. The quantitative estimate of drug-likeness (QED) is 0.223. The lowest BCUT2D eigenvalue weighted by Gasteiger charge is -2.37. The van der Waals surface area contributed by atoms with E-state index >= 15 is 0 Å². The van der Waals surface area contributed by atoms with Crippen molar-refractivity contribution >= 4 is 6.47 Å². The number of nitrogens with zero attached hydrogens (tertiary/aromatic N) is 2. The first-order valence-corrected chi connectivity index (χ1v) is 16.0. The maximum atomic E-state index is 11.4. The molecular formula is C38H40N2O7. The van der Waals surface area contributed by atoms with Gasteiger partial charge in [-0.25, -0.2) is 0 Å². The van der Waals surface area contributed by atoms with Gasteiger partial charge in [-0.1, -0.05) is 18.2 Å². The molecular weight excluding hydrogens is 596 g/mol. The molecule has 2 atom stereocenters. The Morgan fingerprint density at radius 3 is 2.09 bits per heavy atom. The summed E-state index contributed by atoms with van der Waals surface area (Å²) in [7, 11) is 9.29. The number of carbonyl (C=O) groups is 1. The number of fused-ring (bicyclic) bond motifs is 2. The third-order valence-corrected chi connectivity index (χ3v) is 9.80. The van der Waals surface area contributed by atoms with Crippen LogP contribution in [0.1, 0.15) is 45.5 Å². The van der Waals surface area contributed by atoms with Crippen LogP contribution in [-0.4, -0.2) is 64.8 Å². The first kappa shape index (κ1) is 30.9. The molecule has 0 spiro atoms. The number of ether oxygens (including phenoxy) is 6. The van der Waals surface area contributed by atoms with Crippen molar-refractivity contribution in [2.45, 2.75) is 37.8 Å². The minimum atomic E-state index is -0.0695. The van der Waals surface area contributed by atoms with Crippen LogP contribution in [0.15, 0.2) is 60.7 Å². The summed E-state index contributed by atoms with van der Waals surface area (Å²) in [5, 5.41) is 0. The fourth-order valence-corrected chi connectivity index (χ4v) is 7.26. The minimum absolute atomic E-state index is 0.0695. The van der Waals surface area contributed by atoms with Crippen molar-refractivity contribution in [3.63, 3.8) is 0 Å². The lowest BCUT2D eigenvalue weighted by atomic mass is 9.87. The van der Waals surface area contributed by atoms with E-state index in [-0.39, 0.29) is 12.1 Å². The summed E-state index contributed by atoms with van der Waals surface area (Å²) in [6.07, 6.45) is 3.18. The SMILES string of the molecule is COc1cc2c3cc1Oc1c(OC)c(OC)cc4c1[C@@H](Cc1ccc(OC=O)c(c1)Oc1ccc(cc1)C[C@@H]3N(C)CC2)N(C)CC4. The molecule has 0 unspecified atom stereocenters. The highest BCUT2D eigenvalue weighted by Gasteiger charge is 2.34. The number of hydrogen-bond donors (Lipinski definition) is 0. The van der Waals surface area contributed by atoms with Crippen molar-refractivity contribution in [3.05, 3.63) is 94.0 Å². The maximum Gasteiger partial charge on any atom is 0.298 e. The maximum absolute atomic E-state index is 11.4. The molecule has 4 aromatic rings. The van der Waals surface area contributed by atoms with E-state index in [9.17, 15) is 4.79 Å². The molecule has 4 aliphatic rings. The Balaban J connectivity index is 1.46. The Hall–Kier alpha value is -4.73. The molecule has 0 aliphatic carbocycles. The fourth-order valence-electron chi connectivity index (χ4n) is 7.26. The Labute approximate surface area is 275 Å². The van der Waals surface area contributed by atoms with Crippen LogP contribution in [-0.2, 0) is 30.5 Å². The second-order valence-electron chi connectivity index (χ2n) is 12.5. The topological polar surface area (TPSA) is 78.9 Å². The van der Waals surface area contributed by atoms with E-state index in [4.69, 9.17) is 28.4 Å². The van der Waals surface area contributed by atoms with Gasteiger partial charge in [0.1, 0.15) is 5.75 Å². The van der Waals surface area contributed by atoms with Crippen molar-refractivity contribution < 1.29 is 33.2 Å². The second kappa shape index (κ2) is 12.8. The molecule has 9 nitrogen and oxygen atoms in total. The number of methoxy groups -OCH3 is 3. The molecule has 0 aromatic heterocycles. The van der Waals surface area contributed by atoms with Crippen LogP contribution in [0.3, 0.4) is 0 Å². The summed E-state index contributed by atoms with van der Waals surface area (Å²) in [4.78, 5) is 16.1. The average Bonchev–Trinajstić information content (AvgIpc) is 3.08. The molecule has 244 valence electrons. The zero-order valence-corrected chi connectivity index (χ0v) is 27.5. The molecule has 8 rings (SSSR count). The lowest BCUT2D eigenvalue weighted by molar-refractivity contribution is -0.120. The third-order valence-electron chi connectivity index (χ3n) is 9.80. The van der Waals surface area contributed by atoms with Crippen molar-refractivity contribution in [1.29, 1.82) is 0 Å². The van der Waals surface area contributed by atoms with Crippen LogP contribution in [0.5, 0.6) is 46.0 Å². The minimum Gasteiger partial charge on any atom is -0.493 e. The molecule has 4 aromatic carbocycles. The van der Waals surface area contributed by atoms with Crippen LogP contribution in [0.25, 0.3) is 0 Å². The number of carbonyl (C=O) groups excluding carboxylic acids is 1. The van der Waals surface area contributed by atoms with Gasteiger partial charge >= 0.3 is 0 Å². The number of rotatable bonds is 5. The van der Waals surface area contributed by atoms with Gasteiger partial charge in [0.25, 0.3) is 6.47 Å². The van der Waals surface area contributed by atoms with E-state index in [1.54, 1.807) is 27.4 Å². The molecule has 6 bridgehead atoms. The van der Waals surface area contributed by atoms with Gasteiger partial charge in [-0.15, -0.1) is 0 Å². The van der Waals surface area contributed by atoms with Crippen LogP contribution < -0.4 is 28.4 Å². The first-order valence-electron chi connectivity index (χ1n) is 16.0. The van der Waals surface area contributed by atoms with Gasteiger partial charge in [0.15, 0.2) is 34.5 Å². The smallest absolute Gasteiger partial charge is 0.298 e. The van der Waals surface area contributed by atoms with Gasteiger partial charge < -0.3 is 28.4 Å². The van der Waals surface area contributed by atoms with E-state index in [1.165, 1.54) is 16.7 Å². The molecule has 9 heteroatoms. The van der Waals surface area contributed by atoms with Gasteiger partial charge in [0.05, 0.1) is 21.3 Å². The molecule has 4 aliphatic heterocycles. The molecule has 0 fully saturated rings. The highest BCUT2D eigenvalue weighted by atomic mass is 16.6. The van der Waals surface area contributed by atoms with Gasteiger partial charge in [0, 0.05) is 30.7 Å². The van der Waals surface area contributed by atoms with Gasteiger partial charge in [-0.3, -0.25) is 14.6 Å². The monoisotopic (exact) mass is 636 g/mol. The largest absolute Gasteiger partial charge is 0.493 e. The van der Waals surface area contributed by atoms with E-state index in [0.717, 1.165) is 49.0 Å². The van der Waals surface area contributed by atoms with Gasteiger partial charge in [-0.05, 0) is 110 Å². The number of benzene rings is 4. The third kappa shape index (κ3) is 5.74. The first-order chi connectivity index (χ1) is 22.9.